The maximum atomic E-state index is 4.13. The number of fused-ring (bicyclic) bond motifs is 1. The van der Waals surface area contributed by atoms with Crippen LogP contribution in [0.1, 0.15) is 5.56 Å². The minimum Gasteiger partial charge on any atom is -0.306 e. The number of hydrogen-bond donors (Lipinski definition) is 0. The van der Waals surface area contributed by atoms with Gasteiger partial charge in [0.1, 0.15) is 11.8 Å². The van der Waals surface area contributed by atoms with Gasteiger partial charge in [-0.15, -0.1) is 6.58 Å². The normalized spacial score (nSPS) is 10.3. The van der Waals surface area contributed by atoms with Crippen LogP contribution >= 0.6 is 0 Å². The average Bonchev–Trinajstić information content (AvgIpc) is 2.53. The molecule has 0 unspecified atom stereocenters. The van der Waals surface area contributed by atoms with Crippen molar-refractivity contribution in [2.75, 3.05) is 0 Å². The summed E-state index contributed by atoms with van der Waals surface area (Å²) >= 11 is 0. The van der Waals surface area contributed by atoms with Gasteiger partial charge in [0.25, 0.3) is 0 Å². The van der Waals surface area contributed by atoms with Crippen LogP contribution in [0.2, 0.25) is 0 Å². The van der Waals surface area contributed by atoms with Crippen molar-refractivity contribution in [1.29, 1.82) is 0 Å². The van der Waals surface area contributed by atoms with Crippen LogP contribution in [-0.4, -0.2) is 9.38 Å². The fourth-order valence-corrected chi connectivity index (χ4v) is 1.26. The first kappa shape index (κ1) is 7.10. The molecule has 0 amide bonds. The lowest BCUT2D eigenvalue weighted by atomic mass is 10.2. The van der Waals surface area contributed by atoms with E-state index < -0.39 is 0 Å². The molecule has 0 spiro atoms. The second kappa shape index (κ2) is 2.81. The summed E-state index contributed by atoms with van der Waals surface area (Å²) in [6.07, 6.45) is 9.34. The van der Waals surface area contributed by atoms with Gasteiger partial charge in [-0.05, 0) is 18.1 Å². The van der Waals surface area contributed by atoms with Crippen LogP contribution in [-0.2, 0) is 6.42 Å². The predicted octanol–water partition coefficient (Wildman–Crippen LogP) is 1.86. The Morgan fingerprint density at radius 3 is 3.42 bits per heavy atom. The molecule has 0 fully saturated rings. The quantitative estimate of drug-likeness (QED) is 0.608. The van der Waals surface area contributed by atoms with Gasteiger partial charge in [0.2, 0.25) is 0 Å². The molecule has 12 heavy (non-hydrogen) atoms. The second-order valence-corrected chi connectivity index (χ2v) is 2.63. The molecular formula is C10H9N2. The highest BCUT2D eigenvalue weighted by atomic mass is 15.0. The van der Waals surface area contributed by atoms with E-state index in [1.807, 2.05) is 28.9 Å². The highest BCUT2D eigenvalue weighted by Crippen LogP contribution is 2.08. The van der Waals surface area contributed by atoms with E-state index in [-0.39, 0.29) is 0 Å². The van der Waals surface area contributed by atoms with E-state index in [1.54, 1.807) is 0 Å². The van der Waals surface area contributed by atoms with Crippen molar-refractivity contribution < 1.29 is 0 Å². The second-order valence-electron chi connectivity index (χ2n) is 2.63. The Morgan fingerprint density at radius 2 is 2.58 bits per heavy atom. The van der Waals surface area contributed by atoms with E-state index in [4.69, 9.17) is 0 Å². The zero-order valence-corrected chi connectivity index (χ0v) is 6.70. The summed E-state index contributed by atoms with van der Waals surface area (Å²) in [6, 6.07) is 4.05. The molecule has 0 saturated carbocycles. The van der Waals surface area contributed by atoms with E-state index in [9.17, 15) is 0 Å². The van der Waals surface area contributed by atoms with Crippen molar-refractivity contribution in [1.82, 2.24) is 9.38 Å². The van der Waals surface area contributed by atoms with Crippen LogP contribution in [0, 0.1) is 6.20 Å². The van der Waals surface area contributed by atoms with Crippen molar-refractivity contribution in [2.45, 2.75) is 6.42 Å². The Morgan fingerprint density at radius 1 is 1.67 bits per heavy atom. The highest BCUT2D eigenvalue weighted by Gasteiger charge is 1.98. The first-order valence-corrected chi connectivity index (χ1v) is 3.85. The van der Waals surface area contributed by atoms with Gasteiger partial charge in [-0.1, -0.05) is 12.1 Å². The summed E-state index contributed by atoms with van der Waals surface area (Å²) in [6.45, 7) is 3.70. The maximum absolute atomic E-state index is 4.13. The number of imidazole rings is 1. The SMILES string of the molecule is C=CCc1cccn2c[c]nc12. The molecule has 0 aliphatic carbocycles. The largest absolute Gasteiger partial charge is 0.306 e. The zero-order chi connectivity index (χ0) is 8.39. The number of pyridine rings is 1. The van der Waals surface area contributed by atoms with E-state index in [2.05, 4.69) is 23.8 Å². The Hall–Kier alpha value is -1.57. The topological polar surface area (TPSA) is 17.3 Å². The van der Waals surface area contributed by atoms with E-state index in [0.29, 0.717) is 0 Å². The number of nitrogens with zero attached hydrogens (tertiary/aromatic N) is 2. The number of hydrogen-bond acceptors (Lipinski definition) is 1. The molecule has 59 valence electrons. The summed E-state index contributed by atoms with van der Waals surface area (Å²) in [4.78, 5) is 4.13. The molecule has 0 bridgehead atoms. The molecule has 2 aromatic rings. The molecule has 0 atom stereocenters. The molecule has 0 aliphatic heterocycles. The van der Waals surface area contributed by atoms with Crippen LogP contribution in [0.3, 0.4) is 0 Å². The molecule has 2 heteroatoms. The van der Waals surface area contributed by atoms with Crippen LogP contribution in [0.4, 0.5) is 0 Å². The first-order valence-electron chi connectivity index (χ1n) is 3.85. The minimum atomic E-state index is 0.856. The Bertz CT molecular complexity index is 401. The van der Waals surface area contributed by atoms with Gasteiger partial charge in [0.15, 0.2) is 0 Å². The molecule has 2 nitrogen and oxygen atoms in total. The van der Waals surface area contributed by atoms with Crippen LogP contribution in [0.5, 0.6) is 0 Å². The van der Waals surface area contributed by atoms with Gasteiger partial charge < -0.3 is 4.40 Å². The smallest absolute Gasteiger partial charge is 0.141 e. The van der Waals surface area contributed by atoms with E-state index in [0.717, 1.165) is 12.1 Å². The fraction of sp³-hybridized carbons (Fsp3) is 0.100. The van der Waals surface area contributed by atoms with Gasteiger partial charge >= 0.3 is 0 Å². The molecule has 0 N–H and O–H groups in total. The lowest BCUT2D eigenvalue weighted by Gasteiger charge is -1.98. The standard InChI is InChI=1S/C10H9N2/c1-2-4-9-5-3-7-12-8-6-11-10(9)12/h2-3,5,7-8H,1,4H2. The molecular weight excluding hydrogens is 148 g/mol. The third-order valence-electron chi connectivity index (χ3n) is 1.81. The molecule has 0 aliphatic rings. The Balaban J connectivity index is 2.65. The molecule has 0 saturated heterocycles. The first-order chi connectivity index (χ1) is 5.92. The minimum absolute atomic E-state index is 0.856. The van der Waals surface area contributed by atoms with Crippen molar-refractivity contribution in [3.05, 3.63) is 48.9 Å². The maximum Gasteiger partial charge on any atom is 0.141 e. The third kappa shape index (κ3) is 1.01. The van der Waals surface area contributed by atoms with Crippen molar-refractivity contribution in [2.24, 2.45) is 0 Å². The molecule has 0 aromatic carbocycles. The van der Waals surface area contributed by atoms with E-state index >= 15 is 0 Å². The predicted molar refractivity (Wildman–Crippen MR) is 47.9 cm³/mol. The highest BCUT2D eigenvalue weighted by molar-refractivity contribution is 5.48. The van der Waals surface area contributed by atoms with Gasteiger partial charge in [-0.3, -0.25) is 0 Å². The summed E-state index contributed by atoms with van der Waals surface area (Å²) in [5, 5.41) is 0. The lowest BCUT2D eigenvalue weighted by molar-refractivity contribution is 1.13. The summed E-state index contributed by atoms with van der Waals surface area (Å²) < 4.78 is 1.96. The average molecular weight is 157 g/mol. The Labute approximate surface area is 71.2 Å². The van der Waals surface area contributed by atoms with Crippen molar-refractivity contribution in [3.8, 4) is 0 Å². The molecule has 1 radical (unpaired) electrons. The monoisotopic (exact) mass is 157 g/mol. The number of allylic oxidation sites excluding steroid dienone is 1. The number of aromatic nitrogens is 2. The third-order valence-corrected chi connectivity index (χ3v) is 1.81. The van der Waals surface area contributed by atoms with Gasteiger partial charge in [-0.25, -0.2) is 4.98 Å². The van der Waals surface area contributed by atoms with Crippen LogP contribution in [0.15, 0.2) is 37.2 Å². The van der Waals surface area contributed by atoms with Gasteiger partial charge in [0.05, 0.1) is 0 Å². The number of rotatable bonds is 2. The fourth-order valence-electron chi connectivity index (χ4n) is 1.26. The summed E-state index contributed by atoms with van der Waals surface area (Å²) in [7, 11) is 0. The lowest BCUT2D eigenvalue weighted by Crippen LogP contribution is -1.89. The molecule has 2 aromatic heterocycles. The van der Waals surface area contributed by atoms with Crippen molar-refractivity contribution in [3.63, 3.8) is 0 Å². The Kier molecular flexibility index (Phi) is 1.67. The van der Waals surface area contributed by atoms with Crippen LogP contribution in [0.25, 0.3) is 5.65 Å². The molecule has 2 heterocycles. The molecule has 2 rings (SSSR count). The summed E-state index contributed by atoms with van der Waals surface area (Å²) in [5.41, 5.74) is 2.16. The summed E-state index contributed by atoms with van der Waals surface area (Å²) in [5.74, 6) is 0. The van der Waals surface area contributed by atoms with Crippen molar-refractivity contribution >= 4 is 5.65 Å². The zero-order valence-electron chi connectivity index (χ0n) is 6.70. The van der Waals surface area contributed by atoms with Gasteiger partial charge in [0, 0.05) is 12.4 Å². The van der Waals surface area contributed by atoms with Gasteiger partial charge in [-0.2, -0.15) is 0 Å². The van der Waals surface area contributed by atoms with Crippen LogP contribution < -0.4 is 0 Å². The van der Waals surface area contributed by atoms with E-state index in [1.165, 1.54) is 5.56 Å².